The average Bonchev–Trinajstić information content (AvgIpc) is 2.82. The van der Waals surface area contributed by atoms with E-state index in [1.807, 2.05) is 6.92 Å². The maximum Gasteiger partial charge on any atom is 0.243 e. The predicted molar refractivity (Wildman–Crippen MR) is 121 cm³/mol. The molecule has 2 saturated heterocycles. The molecule has 2 aromatic rings. The summed E-state index contributed by atoms with van der Waals surface area (Å²) in [5.41, 5.74) is 0. The molecule has 8 heteroatoms. The predicted octanol–water partition coefficient (Wildman–Crippen LogP) is 3.92. The van der Waals surface area contributed by atoms with Crippen LogP contribution in [0.25, 0.3) is 0 Å². The minimum Gasteiger partial charge on any atom is -0.494 e. The molecule has 0 bridgehead atoms. The Morgan fingerprint density at radius 2 is 1.59 bits per heavy atom. The van der Waals surface area contributed by atoms with E-state index < -0.39 is 10.0 Å². The summed E-state index contributed by atoms with van der Waals surface area (Å²) in [6.45, 7) is 5.25. The molecule has 0 aromatic heterocycles. The summed E-state index contributed by atoms with van der Waals surface area (Å²) in [5.74, 6) is 0.669. The van der Waals surface area contributed by atoms with Crippen LogP contribution < -0.4 is 9.47 Å². The maximum absolute atomic E-state index is 13.8. The van der Waals surface area contributed by atoms with E-state index >= 15 is 0 Å². The van der Waals surface area contributed by atoms with Crippen molar-refractivity contribution in [3.05, 3.63) is 54.3 Å². The number of rotatable bonds is 7. The van der Waals surface area contributed by atoms with Gasteiger partial charge >= 0.3 is 0 Å². The Hall–Kier alpha value is -2.16. The van der Waals surface area contributed by atoms with E-state index in [1.54, 1.807) is 46.8 Å². The molecule has 174 valence electrons. The molecule has 0 spiro atoms. The zero-order valence-corrected chi connectivity index (χ0v) is 19.3. The van der Waals surface area contributed by atoms with Crippen LogP contribution in [0.5, 0.6) is 11.5 Å². The number of ether oxygens (including phenoxy) is 2. The van der Waals surface area contributed by atoms with Crippen LogP contribution in [0.1, 0.15) is 32.6 Å². The van der Waals surface area contributed by atoms with E-state index in [4.69, 9.17) is 9.47 Å². The molecule has 0 unspecified atom stereocenters. The molecule has 0 aliphatic carbocycles. The second kappa shape index (κ2) is 10.2. The number of benzene rings is 2. The van der Waals surface area contributed by atoms with Gasteiger partial charge in [-0.3, -0.25) is 0 Å². The van der Waals surface area contributed by atoms with E-state index in [1.165, 1.54) is 6.07 Å². The molecular weight excluding hydrogens is 431 g/mol. The van der Waals surface area contributed by atoms with Crippen molar-refractivity contribution in [2.75, 3.05) is 32.8 Å². The van der Waals surface area contributed by atoms with Crippen molar-refractivity contribution in [3.63, 3.8) is 0 Å². The molecule has 2 heterocycles. The minimum atomic E-state index is -3.49. The summed E-state index contributed by atoms with van der Waals surface area (Å²) < 4.78 is 52.7. The highest BCUT2D eigenvalue weighted by Gasteiger charge is 2.33. The summed E-state index contributed by atoms with van der Waals surface area (Å²) in [4.78, 5) is 2.74. The van der Waals surface area contributed by atoms with Crippen molar-refractivity contribution < 1.29 is 22.3 Å². The van der Waals surface area contributed by atoms with Crippen molar-refractivity contribution in [3.8, 4) is 11.5 Å². The molecule has 2 aromatic carbocycles. The fraction of sp³-hybridized carbons (Fsp3) is 0.500. The Kier molecular flexibility index (Phi) is 7.33. The van der Waals surface area contributed by atoms with E-state index in [0.717, 1.165) is 38.8 Å². The minimum absolute atomic E-state index is 0.0169. The fourth-order valence-electron chi connectivity index (χ4n) is 4.55. The van der Waals surface area contributed by atoms with Crippen LogP contribution in [0.2, 0.25) is 0 Å². The highest BCUT2D eigenvalue weighted by molar-refractivity contribution is 7.89. The Morgan fingerprint density at radius 1 is 0.938 bits per heavy atom. The molecule has 2 aliphatic rings. The number of nitrogens with zero attached hydrogens (tertiary/aromatic N) is 2. The standard InChI is InChI=1S/C24H31FN2O4S/c1-2-30-20-7-9-22(10-8-20)32(28,29)27-17-11-19(12-18-27)26-15-13-21(14-16-26)31-24-6-4-3-5-23(24)25/h3-10,19,21H,2,11-18H2,1H3. The normalized spacial score (nSPS) is 19.7. The average molecular weight is 463 g/mol. The quantitative estimate of drug-likeness (QED) is 0.624. The van der Waals surface area contributed by atoms with Gasteiger partial charge < -0.3 is 14.4 Å². The molecule has 0 saturated carbocycles. The number of likely N-dealkylation sites (tertiary alicyclic amines) is 1. The summed E-state index contributed by atoms with van der Waals surface area (Å²) in [7, 11) is -3.49. The number of hydrogen-bond acceptors (Lipinski definition) is 5. The first kappa shape index (κ1) is 23.0. The van der Waals surface area contributed by atoms with Crippen LogP contribution in [0.3, 0.4) is 0 Å². The van der Waals surface area contributed by atoms with Crippen LogP contribution in [0, 0.1) is 5.82 Å². The third kappa shape index (κ3) is 5.24. The van der Waals surface area contributed by atoms with Crippen molar-refractivity contribution in [2.24, 2.45) is 0 Å². The largest absolute Gasteiger partial charge is 0.494 e. The highest BCUT2D eigenvalue weighted by Crippen LogP contribution is 2.28. The molecule has 2 aliphatic heterocycles. The fourth-order valence-corrected chi connectivity index (χ4v) is 6.02. The van der Waals surface area contributed by atoms with Gasteiger partial charge in [-0.05, 0) is 69.0 Å². The van der Waals surface area contributed by atoms with E-state index in [0.29, 0.717) is 42.1 Å². The number of halogens is 1. The van der Waals surface area contributed by atoms with Gasteiger partial charge in [0.2, 0.25) is 10.0 Å². The summed E-state index contributed by atoms with van der Waals surface area (Å²) in [5, 5.41) is 0. The highest BCUT2D eigenvalue weighted by atomic mass is 32.2. The molecule has 2 fully saturated rings. The number of hydrogen-bond donors (Lipinski definition) is 0. The first-order valence-electron chi connectivity index (χ1n) is 11.4. The Bertz CT molecular complexity index is 983. The number of para-hydroxylation sites is 1. The molecular formula is C24H31FN2O4S. The molecule has 32 heavy (non-hydrogen) atoms. The van der Waals surface area contributed by atoms with Crippen LogP contribution in [0.4, 0.5) is 4.39 Å². The van der Waals surface area contributed by atoms with Gasteiger partial charge in [-0.1, -0.05) is 12.1 Å². The molecule has 0 radical (unpaired) electrons. The first-order valence-corrected chi connectivity index (χ1v) is 12.8. The van der Waals surface area contributed by atoms with Crippen LogP contribution >= 0.6 is 0 Å². The summed E-state index contributed by atoms with van der Waals surface area (Å²) >= 11 is 0. The number of sulfonamides is 1. The third-order valence-corrected chi connectivity index (χ3v) is 8.23. The van der Waals surface area contributed by atoms with Gasteiger partial charge in [-0.2, -0.15) is 4.31 Å². The molecule has 0 atom stereocenters. The summed E-state index contributed by atoms with van der Waals surface area (Å²) in [6.07, 6.45) is 3.34. The van der Waals surface area contributed by atoms with E-state index in [2.05, 4.69) is 4.90 Å². The third-order valence-electron chi connectivity index (χ3n) is 6.32. The second-order valence-corrected chi connectivity index (χ2v) is 10.3. The SMILES string of the molecule is CCOc1ccc(S(=O)(=O)N2CCC(N3CCC(Oc4ccccc4F)CC3)CC2)cc1. The van der Waals surface area contributed by atoms with Crippen molar-refractivity contribution in [1.82, 2.24) is 9.21 Å². The van der Waals surface area contributed by atoms with Crippen molar-refractivity contribution in [2.45, 2.75) is 49.6 Å². The second-order valence-electron chi connectivity index (χ2n) is 8.32. The lowest BCUT2D eigenvalue weighted by Gasteiger charge is -2.41. The van der Waals surface area contributed by atoms with Crippen LogP contribution in [0.15, 0.2) is 53.4 Å². The molecule has 6 nitrogen and oxygen atoms in total. The van der Waals surface area contributed by atoms with Gasteiger partial charge in [0, 0.05) is 32.2 Å². The lowest BCUT2D eigenvalue weighted by Crippen LogP contribution is -2.50. The van der Waals surface area contributed by atoms with Gasteiger partial charge in [0.05, 0.1) is 11.5 Å². The van der Waals surface area contributed by atoms with E-state index in [-0.39, 0.29) is 11.9 Å². The summed E-state index contributed by atoms with van der Waals surface area (Å²) in [6, 6.07) is 13.5. The Morgan fingerprint density at radius 3 is 2.22 bits per heavy atom. The molecule has 4 rings (SSSR count). The first-order chi connectivity index (χ1) is 15.5. The zero-order valence-electron chi connectivity index (χ0n) is 18.5. The Labute approximate surface area is 190 Å². The maximum atomic E-state index is 13.8. The number of piperidine rings is 2. The van der Waals surface area contributed by atoms with Gasteiger partial charge in [0.15, 0.2) is 11.6 Å². The van der Waals surface area contributed by atoms with Gasteiger partial charge in [0.25, 0.3) is 0 Å². The van der Waals surface area contributed by atoms with Gasteiger partial charge in [0.1, 0.15) is 11.9 Å². The van der Waals surface area contributed by atoms with Crippen molar-refractivity contribution >= 4 is 10.0 Å². The van der Waals surface area contributed by atoms with Crippen LogP contribution in [-0.2, 0) is 10.0 Å². The topological polar surface area (TPSA) is 59.1 Å². The van der Waals surface area contributed by atoms with Crippen LogP contribution in [-0.4, -0.2) is 62.6 Å². The van der Waals surface area contributed by atoms with Gasteiger partial charge in [-0.15, -0.1) is 0 Å². The monoisotopic (exact) mass is 462 g/mol. The molecule has 0 N–H and O–H groups in total. The lowest BCUT2D eigenvalue weighted by atomic mass is 10.00. The van der Waals surface area contributed by atoms with Gasteiger partial charge in [-0.25, -0.2) is 12.8 Å². The van der Waals surface area contributed by atoms with Crippen molar-refractivity contribution in [1.29, 1.82) is 0 Å². The smallest absolute Gasteiger partial charge is 0.243 e. The molecule has 0 amide bonds. The zero-order chi connectivity index (χ0) is 22.6. The van der Waals surface area contributed by atoms with E-state index in [9.17, 15) is 12.8 Å². The lowest BCUT2D eigenvalue weighted by molar-refractivity contribution is 0.0568. The Balaban J connectivity index is 1.27.